The smallest absolute Gasteiger partial charge is 0.0680 e. The van der Waals surface area contributed by atoms with Crippen molar-refractivity contribution in [1.82, 2.24) is 10.3 Å². The summed E-state index contributed by atoms with van der Waals surface area (Å²) in [6, 6.07) is 10.5. The first-order valence-corrected chi connectivity index (χ1v) is 5.86. The Kier molecular flexibility index (Phi) is 2.53. The molecule has 17 heavy (non-hydrogen) atoms. The molecule has 3 nitrogen and oxygen atoms in total. The summed E-state index contributed by atoms with van der Waals surface area (Å²) in [4.78, 5) is 8.04. The molecule has 0 atom stereocenters. The third kappa shape index (κ3) is 1.89. The van der Waals surface area contributed by atoms with E-state index >= 15 is 0 Å². The van der Waals surface area contributed by atoms with Crippen LogP contribution in [-0.2, 0) is 0 Å². The molecular weight excluding hydrogens is 210 g/mol. The highest BCUT2D eigenvalue weighted by Gasteiger charge is 2.12. The number of rotatable bonds is 3. The van der Waals surface area contributed by atoms with E-state index in [0.717, 1.165) is 30.1 Å². The average Bonchev–Trinajstić information content (AvgIpc) is 2.94. The lowest BCUT2D eigenvalue weighted by Crippen LogP contribution is -2.08. The molecule has 0 radical (unpaired) electrons. The summed E-state index contributed by atoms with van der Waals surface area (Å²) in [5.74, 6) is 0. The van der Waals surface area contributed by atoms with Crippen LogP contribution in [0, 0.1) is 0 Å². The van der Waals surface area contributed by atoms with E-state index in [-0.39, 0.29) is 0 Å². The largest absolute Gasteiger partial charge is 0.354 e. The number of nitrogens with zero attached hydrogens (tertiary/aromatic N) is 1. The number of fused-ring (bicyclic) bond motifs is 1. The van der Waals surface area contributed by atoms with Crippen molar-refractivity contribution in [3.05, 3.63) is 47.8 Å². The molecule has 1 aromatic carbocycles. The number of para-hydroxylation sites is 1. The maximum atomic E-state index is 4.63. The Morgan fingerprint density at radius 3 is 3.06 bits per heavy atom. The predicted octanol–water partition coefficient (Wildman–Crippen LogP) is 2.46. The van der Waals surface area contributed by atoms with E-state index in [2.05, 4.69) is 45.6 Å². The van der Waals surface area contributed by atoms with Gasteiger partial charge < -0.3 is 10.3 Å². The summed E-state index contributed by atoms with van der Waals surface area (Å²) in [6.45, 7) is 0.837. The van der Waals surface area contributed by atoms with E-state index in [1.54, 1.807) is 0 Å². The van der Waals surface area contributed by atoms with Gasteiger partial charge in [0, 0.05) is 23.9 Å². The molecule has 3 rings (SSSR count). The van der Waals surface area contributed by atoms with Gasteiger partial charge in [-0.3, -0.25) is 4.99 Å². The molecule has 2 heterocycles. The van der Waals surface area contributed by atoms with Crippen molar-refractivity contribution in [2.45, 2.75) is 6.42 Å². The zero-order valence-electron chi connectivity index (χ0n) is 9.83. The second-order valence-corrected chi connectivity index (χ2v) is 4.26. The van der Waals surface area contributed by atoms with Crippen molar-refractivity contribution in [2.24, 2.45) is 4.99 Å². The number of H-pyrrole nitrogens is 1. The van der Waals surface area contributed by atoms with Crippen LogP contribution in [0.25, 0.3) is 10.9 Å². The monoisotopic (exact) mass is 225 g/mol. The molecule has 3 heteroatoms. The van der Waals surface area contributed by atoms with Crippen molar-refractivity contribution in [2.75, 3.05) is 13.6 Å². The molecule has 1 aromatic heterocycles. The second kappa shape index (κ2) is 4.18. The Balaban J connectivity index is 1.93. The van der Waals surface area contributed by atoms with Gasteiger partial charge in [-0.2, -0.15) is 0 Å². The quantitative estimate of drug-likeness (QED) is 0.827. The summed E-state index contributed by atoms with van der Waals surface area (Å²) >= 11 is 0. The van der Waals surface area contributed by atoms with E-state index in [4.69, 9.17) is 0 Å². The summed E-state index contributed by atoms with van der Waals surface area (Å²) in [6.07, 6.45) is 3.10. The number of aliphatic imine (C=N–C) groups is 1. The van der Waals surface area contributed by atoms with Gasteiger partial charge in [-0.15, -0.1) is 0 Å². The Bertz CT molecular complexity index is 572. The van der Waals surface area contributed by atoms with Crippen LogP contribution >= 0.6 is 0 Å². The van der Waals surface area contributed by atoms with Crippen LogP contribution in [0.4, 0.5) is 0 Å². The molecule has 0 spiro atoms. The summed E-state index contributed by atoms with van der Waals surface area (Å²) in [5, 5.41) is 4.37. The Labute approximate surface area is 100 Å². The summed E-state index contributed by atoms with van der Waals surface area (Å²) in [5.41, 5.74) is 4.56. The molecule has 1 aliphatic heterocycles. The number of aromatic amines is 1. The lowest BCUT2D eigenvalue weighted by molar-refractivity contribution is 0.873. The van der Waals surface area contributed by atoms with Crippen LogP contribution in [0.3, 0.4) is 0 Å². The van der Waals surface area contributed by atoms with Crippen LogP contribution in [0.2, 0.25) is 0 Å². The lowest BCUT2D eigenvalue weighted by Gasteiger charge is -1.96. The highest BCUT2D eigenvalue weighted by molar-refractivity contribution is 6.05. The summed E-state index contributed by atoms with van der Waals surface area (Å²) < 4.78 is 0. The SMILES string of the molecule is CNCC1=CCC(c2cc3ccccc3[nH]2)=N1. The predicted molar refractivity (Wildman–Crippen MR) is 71.5 cm³/mol. The average molecular weight is 225 g/mol. The highest BCUT2D eigenvalue weighted by atomic mass is 14.9. The van der Waals surface area contributed by atoms with Crippen molar-refractivity contribution in [3.63, 3.8) is 0 Å². The van der Waals surface area contributed by atoms with Crippen molar-refractivity contribution < 1.29 is 0 Å². The Morgan fingerprint density at radius 2 is 2.24 bits per heavy atom. The van der Waals surface area contributed by atoms with Crippen molar-refractivity contribution in [1.29, 1.82) is 0 Å². The van der Waals surface area contributed by atoms with E-state index in [1.807, 2.05) is 13.1 Å². The number of aromatic nitrogens is 1. The first-order chi connectivity index (χ1) is 8.36. The number of hydrogen-bond donors (Lipinski definition) is 2. The summed E-state index contributed by atoms with van der Waals surface area (Å²) in [7, 11) is 1.94. The fraction of sp³-hybridized carbons (Fsp3) is 0.214. The molecular formula is C14H15N3. The number of nitrogens with one attached hydrogen (secondary N) is 2. The number of hydrogen-bond acceptors (Lipinski definition) is 2. The van der Waals surface area contributed by atoms with E-state index < -0.39 is 0 Å². The van der Waals surface area contributed by atoms with Gasteiger partial charge in [-0.05, 0) is 19.2 Å². The zero-order valence-corrected chi connectivity index (χ0v) is 9.83. The lowest BCUT2D eigenvalue weighted by atomic mass is 10.2. The first kappa shape index (κ1) is 10.3. The molecule has 0 aliphatic carbocycles. The van der Waals surface area contributed by atoms with Crippen LogP contribution < -0.4 is 5.32 Å². The second-order valence-electron chi connectivity index (χ2n) is 4.26. The van der Waals surface area contributed by atoms with Crippen molar-refractivity contribution >= 4 is 16.6 Å². The third-order valence-corrected chi connectivity index (χ3v) is 3.01. The van der Waals surface area contributed by atoms with Gasteiger partial charge in [0.1, 0.15) is 0 Å². The van der Waals surface area contributed by atoms with E-state index in [0.29, 0.717) is 0 Å². The van der Waals surface area contributed by atoms with Crippen LogP contribution in [-0.4, -0.2) is 24.3 Å². The molecule has 0 fully saturated rings. The third-order valence-electron chi connectivity index (χ3n) is 3.01. The first-order valence-electron chi connectivity index (χ1n) is 5.86. The fourth-order valence-corrected chi connectivity index (χ4v) is 2.17. The maximum absolute atomic E-state index is 4.63. The standard InChI is InChI=1S/C14H15N3/c1-15-9-11-6-7-13(16-11)14-8-10-4-2-3-5-12(10)17-14/h2-6,8,15,17H,7,9H2,1H3. The van der Waals surface area contributed by atoms with Crippen LogP contribution in [0.15, 0.2) is 47.1 Å². The normalized spacial score (nSPS) is 15.1. The molecule has 0 unspecified atom stereocenters. The maximum Gasteiger partial charge on any atom is 0.0680 e. The molecule has 86 valence electrons. The minimum Gasteiger partial charge on any atom is -0.354 e. The fourth-order valence-electron chi connectivity index (χ4n) is 2.17. The van der Waals surface area contributed by atoms with Gasteiger partial charge in [0.15, 0.2) is 0 Å². The molecule has 2 aromatic rings. The minimum atomic E-state index is 0.837. The molecule has 0 amide bonds. The van der Waals surface area contributed by atoms with Gasteiger partial charge >= 0.3 is 0 Å². The number of benzene rings is 1. The van der Waals surface area contributed by atoms with Gasteiger partial charge in [0.2, 0.25) is 0 Å². The Morgan fingerprint density at radius 1 is 1.35 bits per heavy atom. The molecule has 0 saturated carbocycles. The molecule has 1 aliphatic rings. The van der Waals surface area contributed by atoms with Gasteiger partial charge in [-0.25, -0.2) is 0 Å². The zero-order chi connectivity index (χ0) is 11.7. The van der Waals surface area contributed by atoms with Gasteiger partial charge in [-0.1, -0.05) is 24.3 Å². The van der Waals surface area contributed by atoms with Gasteiger partial charge in [0.05, 0.1) is 17.1 Å². The number of allylic oxidation sites excluding steroid dienone is 1. The van der Waals surface area contributed by atoms with E-state index in [9.17, 15) is 0 Å². The van der Waals surface area contributed by atoms with Crippen LogP contribution in [0.5, 0.6) is 0 Å². The van der Waals surface area contributed by atoms with E-state index in [1.165, 1.54) is 10.9 Å². The molecule has 0 bridgehead atoms. The van der Waals surface area contributed by atoms with Crippen molar-refractivity contribution in [3.8, 4) is 0 Å². The highest BCUT2D eigenvalue weighted by Crippen LogP contribution is 2.20. The minimum absolute atomic E-state index is 0.837. The van der Waals surface area contributed by atoms with Gasteiger partial charge in [0.25, 0.3) is 0 Å². The molecule has 0 saturated heterocycles. The Hall–Kier alpha value is -1.87. The van der Waals surface area contributed by atoms with Crippen LogP contribution in [0.1, 0.15) is 12.1 Å². The topological polar surface area (TPSA) is 40.2 Å². The molecule has 2 N–H and O–H groups in total. The number of likely N-dealkylation sites (N-methyl/N-ethyl adjacent to an activating group) is 1.